The van der Waals surface area contributed by atoms with Crippen LogP contribution in [0.1, 0.15) is 18.5 Å². The molecule has 2 aliphatic rings. The Kier molecular flexibility index (Phi) is 3.93. The van der Waals surface area contributed by atoms with Crippen molar-refractivity contribution in [3.63, 3.8) is 0 Å². The molecule has 0 unspecified atom stereocenters. The molecular formula is C13H22N4O. The first kappa shape index (κ1) is 12.1. The molecule has 5 heteroatoms. The molecule has 1 N–H and O–H groups in total. The third-order valence-corrected chi connectivity index (χ3v) is 3.71. The van der Waals surface area contributed by atoms with Crippen molar-refractivity contribution in [2.45, 2.75) is 32.0 Å². The van der Waals surface area contributed by atoms with Gasteiger partial charge >= 0.3 is 0 Å². The molecule has 18 heavy (non-hydrogen) atoms. The van der Waals surface area contributed by atoms with Crippen molar-refractivity contribution in [2.24, 2.45) is 0 Å². The summed E-state index contributed by atoms with van der Waals surface area (Å²) in [5, 5.41) is 3.54. The molecule has 0 aromatic carbocycles. The summed E-state index contributed by atoms with van der Waals surface area (Å²) >= 11 is 0. The molecule has 3 rings (SSSR count). The van der Waals surface area contributed by atoms with E-state index in [9.17, 15) is 0 Å². The highest BCUT2D eigenvalue weighted by molar-refractivity contribution is 4.99. The van der Waals surface area contributed by atoms with Gasteiger partial charge in [-0.3, -0.25) is 4.90 Å². The van der Waals surface area contributed by atoms with Crippen LogP contribution >= 0.6 is 0 Å². The number of hydrogen-bond donors (Lipinski definition) is 1. The Morgan fingerprint density at radius 3 is 2.89 bits per heavy atom. The summed E-state index contributed by atoms with van der Waals surface area (Å²) in [4.78, 5) is 6.72. The van der Waals surface area contributed by atoms with E-state index in [1.54, 1.807) is 0 Å². The molecule has 0 radical (unpaired) electrons. The molecule has 2 fully saturated rings. The molecule has 5 nitrogen and oxygen atoms in total. The Morgan fingerprint density at radius 1 is 1.28 bits per heavy atom. The van der Waals surface area contributed by atoms with E-state index in [1.807, 2.05) is 12.5 Å². The highest BCUT2D eigenvalue weighted by Crippen LogP contribution is 2.19. The van der Waals surface area contributed by atoms with Crippen LogP contribution in [0.25, 0.3) is 0 Å². The molecule has 2 heterocycles. The van der Waals surface area contributed by atoms with Gasteiger partial charge in [0.1, 0.15) is 0 Å². The van der Waals surface area contributed by atoms with Gasteiger partial charge in [-0.05, 0) is 12.8 Å². The first-order valence-corrected chi connectivity index (χ1v) is 6.94. The molecule has 1 aromatic heterocycles. The number of rotatable bonds is 6. The Hall–Kier alpha value is -0.910. The standard InChI is InChI=1S/C13H22N4O/c1-2-12(1)15-10-13-9-14-11-17(13)4-3-16-5-7-18-8-6-16/h9,11-12,15H,1-8,10H2. The van der Waals surface area contributed by atoms with Crippen molar-refractivity contribution >= 4 is 0 Å². The van der Waals surface area contributed by atoms with Gasteiger partial charge < -0.3 is 14.6 Å². The third kappa shape index (κ3) is 3.31. The zero-order valence-corrected chi connectivity index (χ0v) is 10.8. The van der Waals surface area contributed by atoms with Crippen molar-refractivity contribution in [2.75, 3.05) is 32.8 Å². The van der Waals surface area contributed by atoms with Crippen LogP contribution in [0.15, 0.2) is 12.5 Å². The minimum absolute atomic E-state index is 0.757. The minimum atomic E-state index is 0.757. The average Bonchev–Trinajstić information content (AvgIpc) is 3.14. The number of nitrogens with zero attached hydrogens (tertiary/aromatic N) is 3. The Labute approximate surface area is 108 Å². The van der Waals surface area contributed by atoms with Crippen molar-refractivity contribution in [1.82, 2.24) is 19.8 Å². The van der Waals surface area contributed by atoms with Gasteiger partial charge in [-0.25, -0.2) is 4.98 Å². The van der Waals surface area contributed by atoms with Crippen LogP contribution < -0.4 is 5.32 Å². The lowest BCUT2D eigenvalue weighted by Crippen LogP contribution is -2.38. The second kappa shape index (κ2) is 5.82. The van der Waals surface area contributed by atoms with E-state index in [0.29, 0.717) is 0 Å². The summed E-state index contributed by atoms with van der Waals surface area (Å²) in [6, 6.07) is 0.757. The average molecular weight is 250 g/mol. The van der Waals surface area contributed by atoms with E-state index in [0.717, 1.165) is 52.0 Å². The summed E-state index contributed by atoms with van der Waals surface area (Å²) in [5.74, 6) is 0. The van der Waals surface area contributed by atoms with Gasteiger partial charge in [0, 0.05) is 45.0 Å². The number of imidazole rings is 1. The smallest absolute Gasteiger partial charge is 0.0949 e. The van der Waals surface area contributed by atoms with Gasteiger partial charge in [0.05, 0.1) is 25.2 Å². The highest BCUT2D eigenvalue weighted by Gasteiger charge is 2.20. The van der Waals surface area contributed by atoms with Crippen LogP contribution in [0, 0.1) is 0 Å². The van der Waals surface area contributed by atoms with Crippen LogP contribution in [0.5, 0.6) is 0 Å². The molecule has 1 saturated heterocycles. The molecule has 1 aliphatic heterocycles. The largest absolute Gasteiger partial charge is 0.379 e. The molecule has 0 amide bonds. The van der Waals surface area contributed by atoms with Crippen LogP contribution in [0.2, 0.25) is 0 Å². The van der Waals surface area contributed by atoms with Crippen LogP contribution in [0.3, 0.4) is 0 Å². The van der Waals surface area contributed by atoms with Gasteiger partial charge in [-0.1, -0.05) is 0 Å². The SMILES string of the molecule is c1ncn(CCN2CCOCC2)c1CNC1CC1. The monoisotopic (exact) mass is 250 g/mol. The molecule has 0 bridgehead atoms. The predicted molar refractivity (Wildman–Crippen MR) is 69.3 cm³/mol. The van der Waals surface area contributed by atoms with E-state index in [-0.39, 0.29) is 0 Å². The molecule has 1 aromatic rings. The zero-order valence-electron chi connectivity index (χ0n) is 10.8. The molecule has 1 aliphatic carbocycles. The lowest BCUT2D eigenvalue weighted by molar-refractivity contribution is 0.0363. The van der Waals surface area contributed by atoms with Crippen molar-refractivity contribution < 1.29 is 4.74 Å². The van der Waals surface area contributed by atoms with Gasteiger partial charge in [0.25, 0.3) is 0 Å². The second-order valence-corrected chi connectivity index (χ2v) is 5.19. The summed E-state index contributed by atoms with van der Waals surface area (Å²) in [6.07, 6.45) is 6.60. The van der Waals surface area contributed by atoms with Gasteiger partial charge in [-0.15, -0.1) is 0 Å². The predicted octanol–water partition coefficient (Wildman–Crippen LogP) is 0.467. The highest BCUT2D eigenvalue weighted by atomic mass is 16.5. The normalized spacial score (nSPS) is 21.3. The molecule has 0 atom stereocenters. The van der Waals surface area contributed by atoms with Crippen LogP contribution in [-0.2, 0) is 17.8 Å². The van der Waals surface area contributed by atoms with Gasteiger partial charge in [-0.2, -0.15) is 0 Å². The number of hydrogen-bond acceptors (Lipinski definition) is 4. The fourth-order valence-electron chi connectivity index (χ4n) is 2.31. The van der Waals surface area contributed by atoms with E-state index < -0.39 is 0 Å². The van der Waals surface area contributed by atoms with Gasteiger partial charge in [0.15, 0.2) is 0 Å². The van der Waals surface area contributed by atoms with Crippen molar-refractivity contribution in [3.05, 3.63) is 18.2 Å². The fourth-order valence-corrected chi connectivity index (χ4v) is 2.31. The summed E-state index contributed by atoms with van der Waals surface area (Å²) in [7, 11) is 0. The van der Waals surface area contributed by atoms with Gasteiger partial charge in [0.2, 0.25) is 0 Å². The number of aromatic nitrogens is 2. The Morgan fingerprint density at radius 2 is 2.11 bits per heavy atom. The second-order valence-electron chi connectivity index (χ2n) is 5.19. The topological polar surface area (TPSA) is 42.3 Å². The Balaban J connectivity index is 1.46. The fraction of sp³-hybridized carbons (Fsp3) is 0.769. The number of morpholine rings is 1. The van der Waals surface area contributed by atoms with Crippen LogP contribution in [-0.4, -0.2) is 53.3 Å². The first-order chi connectivity index (χ1) is 8.92. The maximum absolute atomic E-state index is 5.36. The van der Waals surface area contributed by atoms with Crippen LogP contribution in [0.4, 0.5) is 0 Å². The summed E-state index contributed by atoms with van der Waals surface area (Å²) < 4.78 is 7.63. The molecule has 1 saturated carbocycles. The maximum atomic E-state index is 5.36. The minimum Gasteiger partial charge on any atom is -0.379 e. The van der Waals surface area contributed by atoms with E-state index >= 15 is 0 Å². The molecule has 0 spiro atoms. The van der Waals surface area contributed by atoms with Crippen molar-refractivity contribution in [1.29, 1.82) is 0 Å². The quantitative estimate of drug-likeness (QED) is 0.797. The maximum Gasteiger partial charge on any atom is 0.0949 e. The van der Waals surface area contributed by atoms with E-state index in [2.05, 4.69) is 19.8 Å². The number of nitrogens with one attached hydrogen (secondary N) is 1. The first-order valence-electron chi connectivity index (χ1n) is 6.94. The number of ether oxygens (including phenoxy) is 1. The summed E-state index contributed by atoms with van der Waals surface area (Å²) in [5.41, 5.74) is 1.30. The Bertz CT molecular complexity index is 369. The summed E-state index contributed by atoms with van der Waals surface area (Å²) in [6.45, 7) is 6.94. The zero-order chi connectivity index (χ0) is 12.2. The lowest BCUT2D eigenvalue weighted by atomic mass is 10.4. The third-order valence-electron chi connectivity index (χ3n) is 3.71. The molecular weight excluding hydrogens is 228 g/mol. The molecule has 100 valence electrons. The lowest BCUT2D eigenvalue weighted by Gasteiger charge is -2.26. The van der Waals surface area contributed by atoms with Crippen molar-refractivity contribution in [3.8, 4) is 0 Å². The van der Waals surface area contributed by atoms with E-state index in [1.165, 1.54) is 18.5 Å². The van der Waals surface area contributed by atoms with E-state index in [4.69, 9.17) is 4.74 Å².